The minimum atomic E-state index is -0.0422. The standard InChI is InChI=1S/C16H18O4/c1-7-5-11(17)13(9(3)15(7)19)14-10(4)16(20)8(2)6-12(14)18/h5-6,17-20H,1-4H3. The van der Waals surface area contributed by atoms with Gasteiger partial charge in [0.25, 0.3) is 0 Å². The van der Waals surface area contributed by atoms with Gasteiger partial charge in [-0.25, -0.2) is 0 Å². The van der Waals surface area contributed by atoms with Crippen LogP contribution in [0.4, 0.5) is 0 Å². The highest BCUT2D eigenvalue weighted by atomic mass is 16.3. The molecule has 0 unspecified atom stereocenters. The first kappa shape index (κ1) is 14.1. The van der Waals surface area contributed by atoms with E-state index in [2.05, 4.69) is 0 Å². The number of aryl methyl sites for hydroxylation is 2. The van der Waals surface area contributed by atoms with Crippen LogP contribution in [-0.2, 0) is 0 Å². The molecule has 2 aromatic rings. The average molecular weight is 274 g/mol. The Morgan fingerprint density at radius 3 is 1.20 bits per heavy atom. The number of aromatic hydroxyl groups is 4. The normalized spacial score (nSPS) is 10.8. The fourth-order valence-corrected chi connectivity index (χ4v) is 2.53. The molecule has 2 aromatic carbocycles. The highest BCUT2D eigenvalue weighted by molar-refractivity contribution is 5.84. The molecule has 20 heavy (non-hydrogen) atoms. The van der Waals surface area contributed by atoms with Crippen LogP contribution in [0.3, 0.4) is 0 Å². The summed E-state index contributed by atoms with van der Waals surface area (Å²) >= 11 is 0. The second-order valence-electron chi connectivity index (χ2n) is 5.12. The van der Waals surface area contributed by atoms with Gasteiger partial charge in [-0.3, -0.25) is 0 Å². The van der Waals surface area contributed by atoms with E-state index in [-0.39, 0.29) is 23.0 Å². The highest BCUT2D eigenvalue weighted by Gasteiger charge is 2.21. The predicted molar refractivity (Wildman–Crippen MR) is 77.5 cm³/mol. The van der Waals surface area contributed by atoms with Crippen molar-refractivity contribution in [1.82, 2.24) is 0 Å². The zero-order valence-corrected chi connectivity index (χ0v) is 11.9. The molecule has 0 bridgehead atoms. The van der Waals surface area contributed by atoms with Gasteiger partial charge in [-0.1, -0.05) is 0 Å². The third-order valence-corrected chi connectivity index (χ3v) is 3.68. The second-order valence-corrected chi connectivity index (χ2v) is 5.12. The van der Waals surface area contributed by atoms with Gasteiger partial charge in [-0.05, 0) is 51.0 Å². The van der Waals surface area contributed by atoms with E-state index in [1.807, 2.05) is 0 Å². The van der Waals surface area contributed by atoms with Crippen LogP contribution in [0.15, 0.2) is 12.1 Å². The molecule has 0 aliphatic rings. The Hall–Kier alpha value is -2.36. The Balaban J connectivity index is 2.90. The van der Waals surface area contributed by atoms with Crippen LogP contribution in [0.2, 0.25) is 0 Å². The number of benzene rings is 2. The van der Waals surface area contributed by atoms with Crippen LogP contribution in [0.5, 0.6) is 23.0 Å². The van der Waals surface area contributed by atoms with Crippen LogP contribution < -0.4 is 0 Å². The predicted octanol–water partition coefficient (Wildman–Crippen LogP) is 3.41. The Kier molecular flexibility index (Phi) is 3.26. The van der Waals surface area contributed by atoms with Gasteiger partial charge in [-0.2, -0.15) is 0 Å². The van der Waals surface area contributed by atoms with Gasteiger partial charge < -0.3 is 20.4 Å². The van der Waals surface area contributed by atoms with E-state index in [1.165, 1.54) is 12.1 Å². The number of hydrogen-bond acceptors (Lipinski definition) is 4. The Morgan fingerprint density at radius 1 is 0.600 bits per heavy atom. The molecule has 0 aliphatic heterocycles. The summed E-state index contributed by atoms with van der Waals surface area (Å²) in [6.07, 6.45) is 0. The third-order valence-electron chi connectivity index (χ3n) is 3.68. The van der Waals surface area contributed by atoms with E-state index in [9.17, 15) is 20.4 Å². The molecule has 0 aromatic heterocycles. The summed E-state index contributed by atoms with van der Waals surface area (Å²) in [6, 6.07) is 2.88. The van der Waals surface area contributed by atoms with Crippen molar-refractivity contribution in [3.63, 3.8) is 0 Å². The molecule has 0 heterocycles. The van der Waals surface area contributed by atoms with E-state index >= 15 is 0 Å². The molecule has 0 aliphatic carbocycles. The van der Waals surface area contributed by atoms with Crippen molar-refractivity contribution in [2.75, 3.05) is 0 Å². The van der Waals surface area contributed by atoms with Gasteiger partial charge in [0, 0.05) is 22.3 Å². The van der Waals surface area contributed by atoms with Crippen LogP contribution >= 0.6 is 0 Å². The lowest BCUT2D eigenvalue weighted by molar-refractivity contribution is 0.448. The van der Waals surface area contributed by atoms with Crippen molar-refractivity contribution in [3.05, 3.63) is 34.4 Å². The Bertz CT molecular complexity index is 641. The molecule has 4 N–H and O–H groups in total. The first-order valence-electron chi connectivity index (χ1n) is 6.30. The van der Waals surface area contributed by atoms with Crippen molar-refractivity contribution in [3.8, 4) is 34.1 Å². The molecule has 4 nitrogen and oxygen atoms in total. The van der Waals surface area contributed by atoms with Crippen LogP contribution in [-0.4, -0.2) is 20.4 Å². The first-order valence-corrected chi connectivity index (χ1v) is 6.30. The molecule has 0 amide bonds. The van der Waals surface area contributed by atoms with Crippen LogP contribution in [0.1, 0.15) is 22.3 Å². The van der Waals surface area contributed by atoms with Crippen molar-refractivity contribution in [2.24, 2.45) is 0 Å². The Morgan fingerprint density at radius 2 is 0.900 bits per heavy atom. The van der Waals surface area contributed by atoms with Gasteiger partial charge >= 0.3 is 0 Å². The van der Waals surface area contributed by atoms with Gasteiger partial charge in [0.2, 0.25) is 0 Å². The lowest BCUT2D eigenvalue weighted by atomic mass is 9.91. The lowest BCUT2D eigenvalue weighted by Gasteiger charge is -2.17. The summed E-state index contributed by atoms with van der Waals surface area (Å²) in [5, 5.41) is 40.4. The van der Waals surface area contributed by atoms with E-state index in [0.29, 0.717) is 33.4 Å². The number of phenolic OH excluding ortho intramolecular Hbond substituents is 4. The molecule has 0 spiro atoms. The van der Waals surface area contributed by atoms with Crippen molar-refractivity contribution >= 4 is 0 Å². The van der Waals surface area contributed by atoms with E-state index in [1.54, 1.807) is 27.7 Å². The molecule has 0 saturated carbocycles. The van der Waals surface area contributed by atoms with Crippen molar-refractivity contribution < 1.29 is 20.4 Å². The Labute approximate surface area is 117 Å². The number of hydrogen-bond donors (Lipinski definition) is 4. The molecular weight excluding hydrogens is 256 g/mol. The highest BCUT2D eigenvalue weighted by Crippen LogP contribution is 2.46. The van der Waals surface area contributed by atoms with Crippen LogP contribution in [0.25, 0.3) is 11.1 Å². The van der Waals surface area contributed by atoms with Crippen molar-refractivity contribution in [1.29, 1.82) is 0 Å². The smallest absolute Gasteiger partial charge is 0.124 e. The van der Waals surface area contributed by atoms with Crippen LogP contribution in [0, 0.1) is 27.7 Å². The quantitative estimate of drug-likeness (QED) is 0.601. The molecule has 0 atom stereocenters. The fraction of sp³-hybridized carbons (Fsp3) is 0.250. The second kappa shape index (κ2) is 4.63. The molecule has 0 radical (unpaired) electrons. The van der Waals surface area contributed by atoms with Gasteiger partial charge in [-0.15, -0.1) is 0 Å². The fourth-order valence-electron chi connectivity index (χ4n) is 2.53. The van der Waals surface area contributed by atoms with Crippen molar-refractivity contribution in [2.45, 2.75) is 27.7 Å². The molecular formula is C16H18O4. The summed E-state index contributed by atoms with van der Waals surface area (Å²) in [4.78, 5) is 0. The third kappa shape index (κ3) is 1.93. The van der Waals surface area contributed by atoms with E-state index < -0.39 is 0 Å². The van der Waals surface area contributed by atoms with E-state index in [4.69, 9.17) is 0 Å². The molecule has 0 fully saturated rings. The maximum atomic E-state index is 10.2. The largest absolute Gasteiger partial charge is 0.507 e. The minimum Gasteiger partial charge on any atom is -0.507 e. The van der Waals surface area contributed by atoms with Gasteiger partial charge in [0.1, 0.15) is 23.0 Å². The van der Waals surface area contributed by atoms with E-state index in [0.717, 1.165) is 0 Å². The van der Waals surface area contributed by atoms with Gasteiger partial charge in [0.15, 0.2) is 0 Å². The topological polar surface area (TPSA) is 80.9 Å². The summed E-state index contributed by atoms with van der Waals surface area (Å²) in [7, 11) is 0. The SMILES string of the molecule is Cc1cc(O)c(-c2c(O)cc(C)c(O)c2C)c(C)c1O. The molecule has 0 saturated heterocycles. The summed E-state index contributed by atoms with van der Waals surface area (Å²) in [5.41, 5.74) is 2.69. The average Bonchev–Trinajstić information content (AvgIpc) is 2.37. The molecule has 2 rings (SSSR count). The summed E-state index contributed by atoms with van der Waals surface area (Å²) in [6.45, 7) is 6.69. The molecule has 106 valence electrons. The maximum Gasteiger partial charge on any atom is 0.124 e. The van der Waals surface area contributed by atoms with Gasteiger partial charge in [0.05, 0.1) is 0 Å². The number of rotatable bonds is 1. The summed E-state index contributed by atoms with van der Waals surface area (Å²) in [5.74, 6) is 0.0484. The monoisotopic (exact) mass is 274 g/mol. The summed E-state index contributed by atoms with van der Waals surface area (Å²) < 4.78 is 0. The molecule has 4 heteroatoms. The minimum absolute atomic E-state index is 0.0422. The maximum absolute atomic E-state index is 10.2. The zero-order chi connectivity index (χ0) is 15.2. The zero-order valence-electron chi connectivity index (χ0n) is 11.9. The first-order chi connectivity index (χ1) is 9.25. The number of phenols is 4. The lowest BCUT2D eigenvalue weighted by Crippen LogP contribution is -1.93.